The van der Waals surface area contributed by atoms with Crippen LogP contribution in [0.25, 0.3) is 10.9 Å². The second-order valence-electron chi connectivity index (χ2n) is 4.61. The van der Waals surface area contributed by atoms with E-state index in [2.05, 4.69) is 10.3 Å². The highest BCUT2D eigenvalue weighted by Crippen LogP contribution is 2.23. The second-order valence-corrected chi connectivity index (χ2v) is 4.61. The number of nitrogens with one attached hydrogen (secondary N) is 2. The monoisotopic (exact) mass is 266 g/mol. The van der Waals surface area contributed by atoms with Crippen LogP contribution in [0, 0.1) is 0 Å². The topological polar surface area (TPSA) is 65.1 Å². The molecular formula is C16H14N2O2. The average molecular weight is 266 g/mol. The van der Waals surface area contributed by atoms with Gasteiger partial charge in [0.25, 0.3) is 0 Å². The van der Waals surface area contributed by atoms with Gasteiger partial charge in [0.2, 0.25) is 0 Å². The quantitative estimate of drug-likeness (QED) is 0.677. The van der Waals surface area contributed by atoms with Crippen LogP contribution in [0.15, 0.2) is 54.7 Å². The number of aromatic nitrogens is 1. The third-order valence-electron chi connectivity index (χ3n) is 3.25. The lowest BCUT2D eigenvalue weighted by Gasteiger charge is -2.06. The lowest BCUT2D eigenvalue weighted by atomic mass is 10.1. The molecule has 0 spiro atoms. The Morgan fingerprint density at radius 2 is 2.00 bits per heavy atom. The molecule has 1 aromatic heterocycles. The zero-order chi connectivity index (χ0) is 13.9. The van der Waals surface area contributed by atoms with E-state index in [0.717, 1.165) is 22.2 Å². The van der Waals surface area contributed by atoms with Crippen LogP contribution < -0.4 is 5.32 Å². The van der Waals surface area contributed by atoms with Crippen molar-refractivity contribution in [3.63, 3.8) is 0 Å². The summed E-state index contributed by atoms with van der Waals surface area (Å²) in [5, 5.41) is 13.4. The van der Waals surface area contributed by atoms with Crippen molar-refractivity contribution in [2.24, 2.45) is 0 Å². The van der Waals surface area contributed by atoms with Gasteiger partial charge >= 0.3 is 5.97 Å². The van der Waals surface area contributed by atoms with E-state index in [-0.39, 0.29) is 0 Å². The molecule has 0 aliphatic carbocycles. The third-order valence-corrected chi connectivity index (χ3v) is 3.25. The Labute approximate surface area is 116 Å². The van der Waals surface area contributed by atoms with Crippen molar-refractivity contribution in [3.8, 4) is 0 Å². The summed E-state index contributed by atoms with van der Waals surface area (Å²) in [6.07, 6.45) is 1.92. The number of hydrogen-bond donors (Lipinski definition) is 3. The number of fused-ring (bicyclic) bond motifs is 1. The van der Waals surface area contributed by atoms with Crippen LogP contribution >= 0.6 is 0 Å². The maximum atomic E-state index is 10.9. The van der Waals surface area contributed by atoms with Gasteiger partial charge in [0.1, 0.15) is 0 Å². The standard InChI is InChI=1S/C16H14N2O2/c19-16(20)12-5-3-4-11(8-12)9-17-15-10-18-14-7-2-1-6-13(14)15/h1-8,10,17-18H,9H2,(H,19,20). The van der Waals surface area contributed by atoms with Gasteiger partial charge < -0.3 is 15.4 Å². The van der Waals surface area contributed by atoms with Gasteiger partial charge in [-0.25, -0.2) is 4.79 Å². The molecule has 1 heterocycles. The van der Waals surface area contributed by atoms with E-state index in [1.54, 1.807) is 18.2 Å². The van der Waals surface area contributed by atoms with Crippen LogP contribution in [0.2, 0.25) is 0 Å². The predicted octanol–water partition coefficient (Wildman–Crippen LogP) is 3.48. The van der Waals surface area contributed by atoms with Crippen LogP contribution in [-0.2, 0) is 6.54 Å². The Morgan fingerprint density at radius 3 is 2.85 bits per heavy atom. The smallest absolute Gasteiger partial charge is 0.335 e. The van der Waals surface area contributed by atoms with Crippen LogP contribution in [0.3, 0.4) is 0 Å². The van der Waals surface area contributed by atoms with Gasteiger partial charge in [-0.05, 0) is 23.8 Å². The van der Waals surface area contributed by atoms with Gasteiger partial charge in [0.15, 0.2) is 0 Å². The van der Waals surface area contributed by atoms with Crippen molar-refractivity contribution in [1.29, 1.82) is 0 Å². The van der Waals surface area contributed by atoms with Crippen molar-refractivity contribution in [2.75, 3.05) is 5.32 Å². The van der Waals surface area contributed by atoms with E-state index in [1.165, 1.54) is 0 Å². The maximum Gasteiger partial charge on any atom is 0.335 e. The Morgan fingerprint density at radius 1 is 1.15 bits per heavy atom. The highest BCUT2D eigenvalue weighted by molar-refractivity contribution is 5.92. The first-order chi connectivity index (χ1) is 9.74. The highest BCUT2D eigenvalue weighted by atomic mass is 16.4. The molecule has 4 heteroatoms. The van der Waals surface area contributed by atoms with Crippen molar-refractivity contribution in [3.05, 3.63) is 65.9 Å². The summed E-state index contributed by atoms with van der Waals surface area (Å²) in [6.45, 7) is 0.586. The van der Waals surface area contributed by atoms with Crippen LogP contribution in [-0.4, -0.2) is 16.1 Å². The van der Waals surface area contributed by atoms with Gasteiger partial charge in [0, 0.05) is 23.6 Å². The number of aromatic carboxylic acids is 1. The van der Waals surface area contributed by atoms with Crippen LogP contribution in [0.4, 0.5) is 5.69 Å². The van der Waals surface area contributed by atoms with Gasteiger partial charge in [0.05, 0.1) is 11.3 Å². The summed E-state index contributed by atoms with van der Waals surface area (Å²) in [5.41, 5.74) is 3.34. The summed E-state index contributed by atoms with van der Waals surface area (Å²) in [6, 6.07) is 15.0. The maximum absolute atomic E-state index is 10.9. The molecule has 0 fully saturated rings. The fourth-order valence-electron chi connectivity index (χ4n) is 2.23. The number of carbonyl (C=O) groups is 1. The third kappa shape index (κ3) is 2.36. The zero-order valence-corrected chi connectivity index (χ0v) is 10.8. The molecule has 0 aliphatic rings. The number of rotatable bonds is 4. The lowest BCUT2D eigenvalue weighted by molar-refractivity contribution is 0.0697. The lowest BCUT2D eigenvalue weighted by Crippen LogP contribution is -2.02. The first-order valence-electron chi connectivity index (χ1n) is 6.36. The normalized spacial score (nSPS) is 10.6. The summed E-state index contributed by atoms with van der Waals surface area (Å²) >= 11 is 0. The zero-order valence-electron chi connectivity index (χ0n) is 10.8. The molecule has 3 aromatic rings. The molecule has 0 amide bonds. The van der Waals surface area contributed by atoms with E-state index in [4.69, 9.17) is 5.11 Å². The van der Waals surface area contributed by atoms with Crippen molar-refractivity contribution >= 4 is 22.6 Å². The van der Waals surface area contributed by atoms with Crippen molar-refractivity contribution in [1.82, 2.24) is 4.98 Å². The van der Waals surface area contributed by atoms with Gasteiger partial charge in [-0.1, -0.05) is 30.3 Å². The predicted molar refractivity (Wildman–Crippen MR) is 79.0 cm³/mol. The average Bonchev–Trinajstić information content (AvgIpc) is 2.89. The fourth-order valence-corrected chi connectivity index (χ4v) is 2.23. The number of H-pyrrole nitrogens is 1. The van der Waals surface area contributed by atoms with E-state index in [9.17, 15) is 4.79 Å². The molecule has 0 bridgehead atoms. The molecule has 100 valence electrons. The molecule has 0 aliphatic heterocycles. The minimum absolute atomic E-state index is 0.309. The molecule has 20 heavy (non-hydrogen) atoms. The summed E-state index contributed by atoms with van der Waals surface area (Å²) in [5.74, 6) is -0.904. The first kappa shape index (κ1) is 12.3. The molecule has 4 nitrogen and oxygen atoms in total. The summed E-state index contributed by atoms with van der Waals surface area (Å²) in [4.78, 5) is 14.1. The molecule has 0 radical (unpaired) electrons. The largest absolute Gasteiger partial charge is 0.478 e. The number of carboxylic acids is 1. The molecule has 3 N–H and O–H groups in total. The number of benzene rings is 2. The highest BCUT2D eigenvalue weighted by Gasteiger charge is 2.05. The van der Waals surface area contributed by atoms with E-state index >= 15 is 0 Å². The minimum atomic E-state index is -0.904. The Hall–Kier alpha value is -2.75. The molecule has 0 saturated carbocycles. The fraction of sp³-hybridized carbons (Fsp3) is 0.0625. The van der Waals surface area contributed by atoms with Crippen LogP contribution in [0.5, 0.6) is 0 Å². The SMILES string of the molecule is O=C(O)c1cccc(CNc2c[nH]c3ccccc23)c1. The molecule has 0 atom stereocenters. The first-order valence-corrected chi connectivity index (χ1v) is 6.36. The second kappa shape index (κ2) is 5.09. The van der Waals surface area contributed by atoms with Gasteiger partial charge in [-0.15, -0.1) is 0 Å². The van der Waals surface area contributed by atoms with Crippen LogP contribution in [0.1, 0.15) is 15.9 Å². The number of hydrogen-bond acceptors (Lipinski definition) is 2. The number of aromatic amines is 1. The van der Waals surface area contributed by atoms with E-state index in [1.807, 2.05) is 36.5 Å². The molecule has 0 unspecified atom stereocenters. The van der Waals surface area contributed by atoms with E-state index in [0.29, 0.717) is 12.1 Å². The Kier molecular flexibility index (Phi) is 3.13. The minimum Gasteiger partial charge on any atom is -0.478 e. The molecule has 0 saturated heterocycles. The summed E-state index contributed by atoms with van der Waals surface area (Å²) < 4.78 is 0. The Balaban J connectivity index is 1.79. The number of carboxylic acid groups (broad SMARTS) is 1. The van der Waals surface area contributed by atoms with Gasteiger partial charge in [-0.2, -0.15) is 0 Å². The van der Waals surface area contributed by atoms with Gasteiger partial charge in [-0.3, -0.25) is 0 Å². The number of para-hydroxylation sites is 1. The van der Waals surface area contributed by atoms with Crippen molar-refractivity contribution in [2.45, 2.75) is 6.54 Å². The number of anilines is 1. The molecule has 3 rings (SSSR count). The molecular weight excluding hydrogens is 252 g/mol. The van der Waals surface area contributed by atoms with E-state index < -0.39 is 5.97 Å². The molecule has 2 aromatic carbocycles. The Bertz CT molecular complexity index is 762. The van der Waals surface area contributed by atoms with Crippen molar-refractivity contribution < 1.29 is 9.90 Å². The summed E-state index contributed by atoms with van der Waals surface area (Å²) in [7, 11) is 0.